The highest BCUT2D eigenvalue weighted by Gasteiger charge is 2.27. The molecule has 3 atom stereocenters. The third-order valence-corrected chi connectivity index (χ3v) is 11.7. The molecule has 0 bridgehead atoms. The van der Waals surface area contributed by atoms with Crippen LogP contribution in [0.5, 0.6) is 0 Å². The van der Waals surface area contributed by atoms with Crippen LogP contribution in [0.2, 0.25) is 0 Å². The summed E-state index contributed by atoms with van der Waals surface area (Å²) in [5, 5.41) is 42.9. The Bertz CT molecular complexity index is 962. The molecule has 350 valence electrons. The van der Waals surface area contributed by atoms with Crippen LogP contribution in [-0.2, 0) is 14.4 Å². The molecule has 0 aromatic heterocycles. The summed E-state index contributed by atoms with van der Waals surface area (Å²) < 4.78 is 0. The first-order valence-electron chi connectivity index (χ1n) is 24.3. The Balaban J connectivity index is 5.29. The van der Waals surface area contributed by atoms with Crippen molar-refractivity contribution < 1.29 is 34.8 Å². The highest BCUT2D eigenvalue weighted by atomic mass is 16.3. The standard InChI is InChI=1S/C47H95N5O7/c1-7-10-13-16-19-22-25-28-32-48(4)45(57)42(54)39-51(37-38-53)35-31-36-52(40-43(55)46(58)49(5)33-29-26-23-20-17-14-11-8-2)41-44(56)47(59)50(6)34-30-27-24-21-18-15-12-9-3/h42-44,53-56H,7-41H2,1-6H3. The van der Waals surface area contributed by atoms with Gasteiger partial charge in [-0.2, -0.15) is 0 Å². The summed E-state index contributed by atoms with van der Waals surface area (Å²) in [4.78, 5) is 47.9. The molecule has 3 unspecified atom stereocenters. The lowest BCUT2D eigenvalue weighted by Gasteiger charge is -2.31. The number of carbonyl (C=O) groups excluding carboxylic acids is 3. The molecule has 0 radical (unpaired) electrons. The highest BCUT2D eigenvalue weighted by Crippen LogP contribution is 2.13. The lowest BCUT2D eigenvalue weighted by Crippen LogP contribution is -2.49. The molecule has 0 aromatic carbocycles. The number of rotatable bonds is 42. The average Bonchev–Trinajstić information content (AvgIpc) is 3.22. The van der Waals surface area contributed by atoms with Gasteiger partial charge in [0.05, 0.1) is 6.61 Å². The lowest BCUT2D eigenvalue weighted by atomic mass is 10.1. The van der Waals surface area contributed by atoms with Gasteiger partial charge in [-0.05, 0) is 38.8 Å². The number of nitrogens with zero attached hydrogens (tertiary/aromatic N) is 5. The summed E-state index contributed by atoms with van der Waals surface area (Å²) in [6, 6.07) is 0. The average molecular weight is 842 g/mol. The maximum Gasteiger partial charge on any atom is 0.252 e. The fraction of sp³-hybridized carbons (Fsp3) is 0.936. The number of amides is 3. The first-order chi connectivity index (χ1) is 28.4. The van der Waals surface area contributed by atoms with E-state index >= 15 is 0 Å². The van der Waals surface area contributed by atoms with Crippen molar-refractivity contribution in [3.05, 3.63) is 0 Å². The minimum atomic E-state index is -1.32. The van der Waals surface area contributed by atoms with E-state index in [1.165, 1.54) is 96.3 Å². The van der Waals surface area contributed by atoms with Crippen LogP contribution in [-0.4, -0.2) is 168 Å². The Morgan fingerprint density at radius 1 is 0.356 bits per heavy atom. The van der Waals surface area contributed by atoms with Crippen molar-refractivity contribution >= 4 is 17.7 Å². The van der Waals surface area contributed by atoms with Crippen LogP contribution in [0.3, 0.4) is 0 Å². The summed E-state index contributed by atoms with van der Waals surface area (Å²) >= 11 is 0. The number of carbonyl (C=O) groups is 3. The fourth-order valence-electron chi connectivity index (χ4n) is 7.72. The quantitative estimate of drug-likeness (QED) is 0.0485. The third kappa shape index (κ3) is 30.8. The Hall–Kier alpha value is -1.83. The van der Waals surface area contributed by atoms with Crippen molar-refractivity contribution in [2.24, 2.45) is 0 Å². The number of aliphatic hydroxyl groups excluding tert-OH is 4. The van der Waals surface area contributed by atoms with Crippen LogP contribution < -0.4 is 0 Å². The van der Waals surface area contributed by atoms with Gasteiger partial charge >= 0.3 is 0 Å². The summed E-state index contributed by atoms with van der Waals surface area (Å²) in [5.74, 6) is -1.11. The van der Waals surface area contributed by atoms with E-state index in [9.17, 15) is 34.8 Å². The minimum absolute atomic E-state index is 0.0443. The number of likely N-dealkylation sites (N-methyl/N-ethyl adjacent to an activating group) is 3. The van der Waals surface area contributed by atoms with Crippen LogP contribution in [0.1, 0.15) is 181 Å². The molecule has 0 rings (SSSR count). The highest BCUT2D eigenvalue weighted by molar-refractivity contribution is 5.81. The maximum absolute atomic E-state index is 13.3. The topological polar surface area (TPSA) is 148 Å². The molecule has 0 aliphatic rings. The second-order valence-electron chi connectivity index (χ2n) is 17.4. The molecule has 12 heteroatoms. The molecule has 12 nitrogen and oxygen atoms in total. The van der Waals surface area contributed by atoms with E-state index in [4.69, 9.17) is 0 Å². The molecular weight excluding hydrogens is 747 g/mol. The Kier molecular flexibility index (Phi) is 37.8. The van der Waals surface area contributed by atoms with Crippen molar-refractivity contribution in [3.63, 3.8) is 0 Å². The molecule has 0 heterocycles. The van der Waals surface area contributed by atoms with Gasteiger partial charge in [-0.3, -0.25) is 24.2 Å². The van der Waals surface area contributed by atoms with E-state index in [-0.39, 0.29) is 50.5 Å². The first-order valence-corrected chi connectivity index (χ1v) is 24.3. The summed E-state index contributed by atoms with van der Waals surface area (Å²) in [7, 11) is 5.14. The van der Waals surface area contributed by atoms with E-state index in [0.717, 1.165) is 57.8 Å². The van der Waals surface area contributed by atoms with Crippen molar-refractivity contribution in [2.75, 3.05) is 86.7 Å². The lowest BCUT2D eigenvalue weighted by molar-refractivity contribution is -0.142. The van der Waals surface area contributed by atoms with E-state index in [1.807, 2.05) is 4.90 Å². The molecule has 59 heavy (non-hydrogen) atoms. The molecule has 3 amide bonds. The van der Waals surface area contributed by atoms with E-state index < -0.39 is 18.3 Å². The molecule has 0 spiro atoms. The predicted molar refractivity (Wildman–Crippen MR) is 243 cm³/mol. The van der Waals surface area contributed by atoms with Gasteiger partial charge in [0.25, 0.3) is 17.7 Å². The monoisotopic (exact) mass is 842 g/mol. The number of unbranched alkanes of at least 4 members (excludes halogenated alkanes) is 21. The third-order valence-electron chi connectivity index (χ3n) is 11.7. The minimum Gasteiger partial charge on any atom is -0.395 e. The van der Waals surface area contributed by atoms with E-state index in [0.29, 0.717) is 39.1 Å². The number of hydrogen-bond acceptors (Lipinski definition) is 9. The molecule has 0 aliphatic carbocycles. The van der Waals surface area contributed by atoms with Crippen molar-refractivity contribution in [2.45, 2.75) is 200 Å². The summed E-state index contributed by atoms with van der Waals surface area (Å²) in [6.45, 7) is 9.21. The Morgan fingerprint density at radius 2 is 0.610 bits per heavy atom. The van der Waals surface area contributed by atoms with Crippen molar-refractivity contribution in [1.82, 2.24) is 24.5 Å². The molecular formula is C47H95N5O7. The van der Waals surface area contributed by atoms with Crippen molar-refractivity contribution in [1.29, 1.82) is 0 Å². The van der Waals surface area contributed by atoms with E-state index in [1.54, 1.807) is 40.7 Å². The van der Waals surface area contributed by atoms with Gasteiger partial charge in [0.1, 0.15) is 18.3 Å². The van der Waals surface area contributed by atoms with Crippen LogP contribution in [0.15, 0.2) is 0 Å². The van der Waals surface area contributed by atoms with Crippen LogP contribution in [0.25, 0.3) is 0 Å². The second-order valence-corrected chi connectivity index (χ2v) is 17.4. The predicted octanol–water partition coefficient (Wildman–Crippen LogP) is 6.85. The largest absolute Gasteiger partial charge is 0.395 e. The number of aliphatic hydroxyl groups is 4. The summed E-state index contributed by atoms with van der Waals surface area (Å²) in [6.07, 6.45) is 24.5. The SMILES string of the molecule is CCCCCCCCCCN(C)C(=O)C(O)CN(CCO)CCCN(CC(O)C(=O)N(C)CCCCCCCCCC)CC(O)C(=O)N(C)CCCCCCCCCC. The van der Waals surface area contributed by atoms with Gasteiger partial charge in [-0.15, -0.1) is 0 Å². The Morgan fingerprint density at radius 3 is 0.898 bits per heavy atom. The second kappa shape index (κ2) is 39.0. The molecule has 0 saturated carbocycles. The smallest absolute Gasteiger partial charge is 0.252 e. The van der Waals surface area contributed by atoms with Gasteiger partial charge < -0.3 is 35.1 Å². The number of hydrogen-bond donors (Lipinski definition) is 4. The Labute approximate surface area is 362 Å². The molecule has 0 saturated heterocycles. The van der Waals surface area contributed by atoms with Gasteiger partial charge in [-0.25, -0.2) is 0 Å². The molecule has 0 aromatic rings. The fourth-order valence-corrected chi connectivity index (χ4v) is 7.72. The van der Waals surface area contributed by atoms with Crippen LogP contribution >= 0.6 is 0 Å². The summed E-state index contributed by atoms with van der Waals surface area (Å²) in [5.41, 5.74) is 0. The van der Waals surface area contributed by atoms with Gasteiger partial charge in [0.15, 0.2) is 0 Å². The van der Waals surface area contributed by atoms with Gasteiger partial charge in [-0.1, -0.05) is 156 Å². The van der Waals surface area contributed by atoms with Gasteiger partial charge in [0, 0.05) is 67.0 Å². The van der Waals surface area contributed by atoms with Crippen LogP contribution in [0.4, 0.5) is 0 Å². The van der Waals surface area contributed by atoms with Gasteiger partial charge in [0.2, 0.25) is 0 Å². The van der Waals surface area contributed by atoms with E-state index in [2.05, 4.69) is 20.8 Å². The zero-order valence-electron chi connectivity index (χ0n) is 39.2. The van der Waals surface area contributed by atoms with Crippen molar-refractivity contribution in [3.8, 4) is 0 Å². The molecule has 0 fully saturated rings. The van der Waals surface area contributed by atoms with Crippen LogP contribution in [0, 0.1) is 0 Å². The maximum atomic E-state index is 13.3. The zero-order valence-corrected chi connectivity index (χ0v) is 39.2. The first kappa shape index (κ1) is 57.2. The zero-order chi connectivity index (χ0) is 44.1. The molecule has 4 N–H and O–H groups in total. The molecule has 0 aliphatic heterocycles. The normalized spacial score (nSPS) is 13.2.